The van der Waals surface area contributed by atoms with Crippen molar-refractivity contribution in [3.05, 3.63) is 35.4 Å². The Kier molecular flexibility index (Phi) is 5.38. The molecule has 6 heteroatoms. The molecule has 1 aromatic rings. The van der Waals surface area contributed by atoms with Crippen molar-refractivity contribution in [1.82, 2.24) is 15.1 Å². The highest BCUT2D eigenvalue weighted by Crippen LogP contribution is 2.15. The van der Waals surface area contributed by atoms with Crippen LogP contribution in [-0.2, 0) is 4.79 Å². The fraction of sp³-hybridized carbons (Fsp3) is 0.500. The van der Waals surface area contributed by atoms with E-state index in [4.69, 9.17) is 0 Å². The Balaban J connectivity index is 2.07. The van der Waals surface area contributed by atoms with Crippen LogP contribution in [0.1, 0.15) is 23.6 Å². The number of aliphatic carboxylic acids is 1. The van der Waals surface area contributed by atoms with Crippen molar-refractivity contribution in [2.75, 3.05) is 33.2 Å². The van der Waals surface area contributed by atoms with E-state index in [9.17, 15) is 14.7 Å². The number of carbonyl (C=O) groups is 2. The minimum atomic E-state index is -1.05. The summed E-state index contributed by atoms with van der Waals surface area (Å²) in [4.78, 5) is 27.7. The molecule has 1 saturated heterocycles. The van der Waals surface area contributed by atoms with Gasteiger partial charge in [-0.1, -0.05) is 29.8 Å². The number of carboxylic acids is 1. The van der Waals surface area contributed by atoms with E-state index in [-0.39, 0.29) is 6.03 Å². The van der Waals surface area contributed by atoms with E-state index in [0.717, 1.165) is 25.1 Å². The molecule has 1 aromatic carbocycles. The zero-order valence-electron chi connectivity index (χ0n) is 13.1. The van der Waals surface area contributed by atoms with Gasteiger partial charge >= 0.3 is 12.0 Å². The summed E-state index contributed by atoms with van der Waals surface area (Å²) in [6.45, 7) is 4.91. The first-order chi connectivity index (χ1) is 10.5. The van der Waals surface area contributed by atoms with Crippen LogP contribution >= 0.6 is 0 Å². The highest BCUT2D eigenvalue weighted by Gasteiger charge is 2.25. The number of amides is 2. The van der Waals surface area contributed by atoms with E-state index >= 15 is 0 Å². The summed E-state index contributed by atoms with van der Waals surface area (Å²) in [6.07, 6.45) is 0.895. The molecule has 0 aromatic heterocycles. The van der Waals surface area contributed by atoms with Crippen LogP contribution in [0.5, 0.6) is 0 Å². The van der Waals surface area contributed by atoms with E-state index < -0.39 is 12.0 Å². The highest BCUT2D eigenvalue weighted by molar-refractivity contribution is 5.83. The number of benzene rings is 1. The molecule has 2 amide bonds. The van der Waals surface area contributed by atoms with E-state index in [0.29, 0.717) is 18.7 Å². The second-order valence-electron chi connectivity index (χ2n) is 5.78. The number of hydrogen-bond acceptors (Lipinski definition) is 3. The van der Waals surface area contributed by atoms with Crippen molar-refractivity contribution in [2.45, 2.75) is 19.4 Å². The third kappa shape index (κ3) is 4.21. The van der Waals surface area contributed by atoms with Crippen LogP contribution in [0.2, 0.25) is 0 Å². The molecule has 120 valence electrons. The van der Waals surface area contributed by atoms with Crippen LogP contribution in [0.15, 0.2) is 24.3 Å². The molecule has 1 heterocycles. The standard InChI is InChI=1S/C16H23N3O3/c1-12-5-3-6-13(11-12)14(15(20)21)17-16(22)19-8-4-7-18(2)9-10-19/h3,5-6,11,14H,4,7-10H2,1-2H3,(H,17,22)(H,20,21). The van der Waals surface area contributed by atoms with Crippen molar-refractivity contribution >= 4 is 12.0 Å². The van der Waals surface area contributed by atoms with Crippen molar-refractivity contribution in [3.63, 3.8) is 0 Å². The maximum absolute atomic E-state index is 12.4. The summed E-state index contributed by atoms with van der Waals surface area (Å²) in [5.74, 6) is -1.05. The van der Waals surface area contributed by atoms with Crippen molar-refractivity contribution in [1.29, 1.82) is 0 Å². The van der Waals surface area contributed by atoms with Gasteiger partial charge in [-0.15, -0.1) is 0 Å². The first-order valence-corrected chi connectivity index (χ1v) is 7.50. The molecule has 1 atom stereocenters. The topological polar surface area (TPSA) is 72.9 Å². The molecule has 0 bridgehead atoms. The zero-order chi connectivity index (χ0) is 16.1. The van der Waals surface area contributed by atoms with Crippen molar-refractivity contribution in [2.24, 2.45) is 0 Å². The number of likely N-dealkylation sites (N-methyl/N-ethyl adjacent to an activating group) is 1. The number of carboxylic acid groups (broad SMARTS) is 1. The van der Waals surface area contributed by atoms with E-state index in [1.807, 2.05) is 20.0 Å². The van der Waals surface area contributed by atoms with E-state index in [1.165, 1.54) is 0 Å². The molecule has 2 rings (SSSR count). The molecule has 0 radical (unpaired) electrons. The molecule has 1 fully saturated rings. The Morgan fingerprint density at radius 3 is 2.68 bits per heavy atom. The molecule has 1 aliphatic heterocycles. The Morgan fingerprint density at radius 1 is 1.23 bits per heavy atom. The predicted octanol–water partition coefficient (Wildman–Crippen LogP) is 1.47. The number of hydrogen-bond donors (Lipinski definition) is 2. The summed E-state index contributed by atoms with van der Waals surface area (Å²) in [6, 6.07) is 5.87. The van der Waals surface area contributed by atoms with E-state index in [1.54, 1.807) is 23.1 Å². The van der Waals surface area contributed by atoms with E-state index in [2.05, 4.69) is 10.2 Å². The fourth-order valence-electron chi connectivity index (χ4n) is 2.60. The normalized spacial score (nSPS) is 17.6. The van der Waals surface area contributed by atoms with Crippen LogP contribution < -0.4 is 5.32 Å². The first-order valence-electron chi connectivity index (χ1n) is 7.50. The SMILES string of the molecule is Cc1cccc(C(NC(=O)N2CCCN(C)CC2)C(=O)O)c1. The summed E-state index contributed by atoms with van der Waals surface area (Å²) in [5.41, 5.74) is 1.56. The predicted molar refractivity (Wildman–Crippen MR) is 83.8 cm³/mol. The summed E-state index contributed by atoms with van der Waals surface area (Å²) in [5, 5.41) is 12.1. The minimum Gasteiger partial charge on any atom is -0.479 e. The highest BCUT2D eigenvalue weighted by atomic mass is 16.4. The Hall–Kier alpha value is -2.08. The molecule has 0 spiro atoms. The largest absolute Gasteiger partial charge is 0.479 e. The minimum absolute atomic E-state index is 0.316. The molecule has 6 nitrogen and oxygen atoms in total. The number of nitrogens with zero attached hydrogens (tertiary/aromatic N) is 2. The maximum Gasteiger partial charge on any atom is 0.330 e. The van der Waals surface area contributed by atoms with Crippen LogP contribution in [0, 0.1) is 6.92 Å². The third-order valence-electron chi connectivity index (χ3n) is 3.90. The molecule has 2 N–H and O–H groups in total. The Bertz CT molecular complexity index is 547. The average molecular weight is 305 g/mol. The van der Waals surface area contributed by atoms with Gasteiger partial charge in [-0.2, -0.15) is 0 Å². The first kappa shape index (κ1) is 16.3. The lowest BCUT2D eigenvalue weighted by molar-refractivity contribution is -0.139. The number of aryl methyl sites for hydroxylation is 1. The van der Waals surface area contributed by atoms with Gasteiger partial charge in [0, 0.05) is 19.6 Å². The number of carbonyl (C=O) groups excluding carboxylic acids is 1. The smallest absolute Gasteiger partial charge is 0.330 e. The summed E-state index contributed by atoms with van der Waals surface area (Å²) in [7, 11) is 2.02. The Labute approximate surface area is 130 Å². The maximum atomic E-state index is 12.4. The lowest BCUT2D eigenvalue weighted by Crippen LogP contribution is -2.45. The molecule has 0 aliphatic carbocycles. The number of urea groups is 1. The van der Waals surface area contributed by atoms with Gasteiger partial charge in [-0.25, -0.2) is 9.59 Å². The summed E-state index contributed by atoms with van der Waals surface area (Å²) < 4.78 is 0. The second kappa shape index (κ2) is 7.26. The van der Waals surface area contributed by atoms with Gasteiger partial charge in [0.1, 0.15) is 0 Å². The average Bonchev–Trinajstić information content (AvgIpc) is 2.69. The third-order valence-corrected chi connectivity index (χ3v) is 3.90. The van der Waals surface area contributed by atoms with Crippen LogP contribution in [0.4, 0.5) is 4.79 Å². The van der Waals surface area contributed by atoms with Gasteiger partial charge in [-0.05, 0) is 32.5 Å². The summed E-state index contributed by atoms with van der Waals surface area (Å²) >= 11 is 0. The van der Waals surface area contributed by atoms with Gasteiger partial charge in [-0.3, -0.25) is 0 Å². The zero-order valence-corrected chi connectivity index (χ0v) is 13.1. The van der Waals surface area contributed by atoms with Gasteiger partial charge in [0.25, 0.3) is 0 Å². The Morgan fingerprint density at radius 2 is 2.00 bits per heavy atom. The molecular formula is C16H23N3O3. The van der Waals surface area contributed by atoms with Crippen molar-refractivity contribution in [3.8, 4) is 0 Å². The van der Waals surface area contributed by atoms with Crippen molar-refractivity contribution < 1.29 is 14.7 Å². The molecule has 1 aliphatic rings. The fourth-order valence-corrected chi connectivity index (χ4v) is 2.60. The number of rotatable bonds is 3. The van der Waals surface area contributed by atoms with Crippen LogP contribution in [-0.4, -0.2) is 60.1 Å². The van der Waals surface area contributed by atoms with Crippen LogP contribution in [0.25, 0.3) is 0 Å². The second-order valence-corrected chi connectivity index (χ2v) is 5.78. The lowest BCUT2D eigenvalue weighted by Gasteiger charge is -2.24. The van der Waals surface area contributed by atoms with Gasteiger partial charge in [0.15, 0.2) is 6.04 Å². The quantitative estimate of drug-likeness (QED) is 0.887. The van der Waals surface area contributed by atoms with Crippen LogP contribution in [0.3, 0.4) is 0 Å². The molecule has 1 unspecified atom stereocenters. The van der Waals surface area contributed by atoms with Gasteiger partial charge in [0.2, 0.25) is 0 Å². The molecule has 0 saturated carbocycles. The van der Waals surface area contributed by atoms with Gasteiger partial charge < -0.3 is 20.2 Å². The molecule has 22 heavy (non-hydrogen) atoms. The number of nitrogens with one attached hydrogen (secondary N) is 1. The monoisotopic (exact) mass is 305 g/mol. The molecular weight excluding hydrogens is 282 g/mol. The van der Waals surface area contributed by atoms with Gasteiger partial charge in [0.05, 0.1) is 0 Å². The lowest BCUT2D eigenvalue weighted by atomic mass is 10.0.